The van der Waals surface area contributed by atoms with Crippen molar-refractivity contribution >= 4 is 40.5 Å². The number of ether oxygens (including phenoxy) is 1. The summed E-state index contributed by atoms with van der Waals surface area (Å²) in [6.07, 6.45) is 1.77. The van der Waals surface area contributed by atoms with Crippen LogP contribution in [0.2, 0.25) is 0 Å². The molecule has 2 aliphatic rings. The molecule has 2 heterocycles. The molecule has 2 N–H and O–H groups in total. The quantitative estimate of drug-likeness (QED) is 0.719. The van der Waals surface area contributed by atoms with Gasteiger partial charge in [-0.05, 0) is 47.7 Å². The second-order valence-electron chi connectivity index (χ2n) is 7.06. The van der Waals surface area contributed by atoms with Crippen LogP contribution >= 0.6 is 11.8 Å². The molecule has 9 heteroatoms. The number of benzene rings is 2. The van der Waals surface area contributed by atoms with Crippen LogP contribution in [0.1, 0.15) is 5.56 Å². The van der Waals surface area contributed by atoms with Crippen molar-refractivity contribution < 1.29 is 18.7 Å². The summed E-state index contributed by atoms with van der Waals surface area (Å²) in [6, 6.07) is 13.8. The topological polar surface area (TPSA) is 88.2 Å². The number of rotatable bonds is 5. The van der Waals surface area contributed by atoms with Crippen LogP contribution < -0.4 is 15.4 Å². The molecule has 2 aromatic carbocycles. The molecule has 0 spiro atoms. The molecule has 4 rings (SSSR count). The molecular weight excluding hydrogens is 419 g/mol. The number of aliphatic imine (C=N–C) groups is 1. The minimum atomic E-state index is -0.543. The largest absolute Gasteiger partial charge is 0.484 e. The van der Waals surface area contributed by atoms with E-state index in [1.165, 1.54) is 17.8 Å². The maximum atomic E-state index is 14.0. The number of carbonyl (C=O) groups excluding carboxylic acids is 2. The highest BCUT2D eigenvalue weighted by Crippen LogP contribution is 2.31. The van der Waals surface area contributed by atoms with Gasteiger partial charge in [-0.25, -0.2) is 4.39 Å². The van der Waals surface area contributed by atoms with Crippen LogP contribution in [-0.4, -0.2) is 54.7 Å². The molecular formula is C22H21FN4O3S. The van der Waals surface area contributed by atoms with Crippen LogP contribution in [0.3, 0.4) is 0 Å². The standard InChI is InChI=1S/C22H21FN4O3S/c23-17-3-1-2-4-18(17)26-9-11-27(12-10-26)22-25-21(29)19(31-22)13-15-5-7-16(8-6-15)30-14-20(24)28/h1-8,13H,9-12,14H2,(H2,24,28)/b19-13-. The van der Waals surface area contributed by atoms with Crippen molar-refractivity contribution in [1.29, 1.82) is 0 Å². The van der Waals surface area contributed by atoms with Crippen LogP contribution in [0, 0.1) is 5.82 Å². The van der Waals surface area contributed by atoms with Gasteiger partial charge in [-0.2, -0.15) is 4.99 Å². The van der Waals surface area contributed by atoms with E-state index in [0.717, 1.165) is 5.56 Å². The predicted octanol–water partition coefficient (Wildman–Crippen LogP) is 2.48. The summed E-state index contributed by atoms with van der Waals surface area (Å²) in [5.74, 6) is -0.518. The first-order valence-electron chi connectivity index (χ1n) is 9.78. The number of hydrogen-bond acceptors (Lipinski definition) is 6. The molecule has 2 aromatic rings. The van der Waals surface area contributed by atoms with E-state index in [2.05, 4.69) is 9.89 Å². The van der Waals surface area contributed by atoms with E-state index < -0.39 is 5.91 Å². The van der Waals surface area contributed by atoms with Crippen LogP contribution in [0.15, 0.2) is 58.4 Å². The normalized spacial score (nSPS) is 17.8. The summed E-state index contributed by atoms with van der Waals surface area (Å²) < 4.78 is 19.3. The highest BCUT2D eigenvalue weighted by Gasteiger charge is 2.29. The van der Waals surface area contributed by atoms with Gasteiger partial charge in [0.15, 0.2) is 11.8 Å². The third-order valence-corrected chi connectivity index (χ3v) is 5.96. The van der Waals surface area contributed by atoms with Gasteiger partial charge in [-0.15, -0.1) is 0 Å². The second kappa shape index (κ2) is 9.22. The van der Waals surface area contributed by atoms with Gasteiger partial charge in [-0.1, -0.05) is 24.3 Å². The van der Waals surface area contributed by atoms with Crippen molar-refractivity contribution in [2.75, 3.05) is 37.7 Å². The molecule has 160 valence electrons. The summed E-state index contributed by atoms with van der Waals surface area (Å²) in [6.45, 7) is 2.44. The zero-order chi connectivity index (χ0) is 21.8. The second-order valence-corrected chi connectivity index (χ2v) is 8.07. The first-order chi connectivity index (χ1) is 15.0. The van der Waals surface area contributed by atoms with E-state index in [9.17, 15) is 14.0 Å². The monoisotopic (exact) mass is 440 g/mol. The third-order valence-electron chi connectivity index (χ3n) is 4.91. The Hall–Kier alpha value is -3.33. The van der Waals surface area contributed by atoms with Gasteiger partial charge in [0.05, 0.1) is 10.6 Å². The fraction of sp³-hybridized carbons (Fsp3) is 0.227. The molecule has 0 bridgehead atoms. The maximum absolute atomic E-state index is 14.0. The Morgan fingerprint density at radius 2 is 1.77 bits per heavy atom. The van der Waals surface area contributed by atoms with Crippen molar-refractivity contribution in [2.24, 2.45) is 10.7 Å². The number of carbonyl (C=O) groups is 2. The number of hydrogen-bond donors (Lipinski definition) is 1. The number of para-hydroxylation sites is 1. The van der Waals surface area contributed by atoms with Gasteiger partial charge < -0.3 is 20.3 Å². The number of halogens is 1. The van der Waals surface area contributed by atoms with E-state index in [1.54, 1.807) is 42.5 Å². The fourth-order valence-corrected chi connectivity index (χ4v) is 4.31. The molecule has 2 aliphatic heterocycles. The zero-order valence-electron chi connectivity index (χ0n) is 16.7. The number of thioether (sulfide) groups is 1. The summed E-state index contributed by atoms with van der Waals surface area (Å²) in [7, 11) is 0. The van der Waals surface area contributed by atoms with Gasteiger partial charge in [0.2, 0.25) is 0 Å². The summed E-state index contributed by atoms with van der Waals surface area (Å²) in [4.78, 5) is 32.0. The smallest absolute Gasteiger partial charge is 0.286 e. The Morgan fingerprint density at radius 3 is 2.45 bits per heavy atom. The molecule has 7 nitrogen and oxygen atoms in total. The lowest BCUT2D eigenvalue weighted by molar-refractivity contribution is -0.120. The summed E-state index contributed by atoms with van der Waals surface area (Å²) >= 11 is 1.34. The number of anilines is 1. The molecule has 0 saturated carbocycles. The van der Waals surface area contributed by atoms with Crippen molar-refractivity contribution in [3.8, 4) is 5.75 Å². The third kappa shape index (κ3) is 5.05. The highest BCUT2D eigenvalue weighted by molar-refractivity contribution is 8.18. The lowest BCUT2D eigenvalue weighted by Gasteiger charge is -2.36. The van der Waals surface area contributed by atoms with E-state index in [-0.39, 0.29) is 18.3 Å². The molecule has 1 fully saturated rings. The zero-order valence-corrected chi connectivity index (χ0v) is 17.5. The van der Waals surface area contributed by atoms with Crippen LogP contribution in [0.4, 0.5) is 10.1 Å². The molecule has 0 radical (unpaired) electrons. The fourth-order valence-electron chi connectivity index (χ4n) is 3.35. The summed E-state index contributed by atoms with van der Waals surface area (Å²) in [5.41, 5.74) is 6.49. The Morgan fingerprint density at radius 1 is 1.10 bits per heavy atom. The SMILES string of the molecule is NC(=O)COc1ccc(/C=C2\SC(N3CCN(c4ccccc4F)CC3)=NC2=O)cc1. The molecule has 1 saturated heterocycles. The van der Waals surface area contributed by atoms with Gasteiger partial charge >= 0.3 is 0 Å². The first-order valence-corrected chi connectivity index (χ1v) is 10.6. The minimum absolute atomic E-state index is 0.184. The number of primary amides is 1. The summed E-state index contributed by atoms with van der Waals surface area (Å²) in [5, 5.41) is 0.672. The maximum Gasteiger partial charge on any atom is 0.286 e. The van der Waals surface area contributed by atoms with Crippen LogP contribution in [0.25, 0.3) is 6.08 Å². The average molecular weight is 441 g/mol. The van der Waals surface area contributed by atoms with E-state index in [1.807, 2.05) is 11.0 Å². The van der Waals surface area contributed by atoms with Gasteiger partial charge in [-0.3, -0.25) is 9.59 Å². The van der Waals surface area contributed by atoms with Crippen LogP contribution in [0.5, 0.6) is 5.75 Å². The molecule has 0 aromatic heterocycles. The number of amidine groups is 1. The molecule has 2 amide bonds. The van der Waals surface area contributed by atoms with Gasteiger partial charge in [0, 0.05) is 26.2 Å². The van der Waals surface area contributed by atoms with Crippen molar-refractivity contribution in [3.05, 3.63) is 64.8 Å². The van der Waals surface area contributed by atoms with E-state index in [4.69, 9.17) is 10.5 Å². The Labute approximate surface area is 183 Å². The van der Waals surface area contributed by atoms with E-state index >= 15 is 0 Å². The Balaban J connectivity index is 1.35. The van der Waals surface area contributed by atoms with Crippen molar-refractivity contribution in [3.63, 3.8) is 0 Å². The average Bonchev–Trinajstić information content (AvgIpc) is 3.14. The van der Waals surface area contributed by atoms with E-state index in [0.29, 0.717) is 47.7 Å². The Bertz CT molecular complexity index is 1050. The number of amides is 2. The lowest BCUT2D eigenvalue weighted by atomic mass is 10.2. The number of nitrogens with two attached hydrogens (primary N) is 1. The highest BCUT2D eigenvalue weighted by atomic mass is 32.2. The van der Waals surface area contributed by atoms with Crippen molar-refractivity contribution in [1.82, 2.24) is 4.90 Å². The van der Waals surface area contributed by atoms with Gasteiger partial charge in [0.1, 0.15) is 11.6 Å². The molecule has 0 unspecified atom stereocenters. The number of nitrogens with zero attached hydrogens (tertiary/aromatic N) is 3. The Kier molecular flexibility index (Phi) is 6.22. The van der Waals surface area contributed by atoms with Crippen molar-refractivity contribution in [2.45, 2.75) is 0 Å². The molecule has 0 aliphatic carbocycles. The van der Waals surface area contributed by atoms with Gasteiger partial charge in [0.25, 0.3) is 11.8 Å². The molecule has 31 heavy (non-hydrogen) atoms. The lowest BCUT2D eigenvalue weighted by Crippen LogP contribution is -2.48. The van der Waals surface area contributed by atoms with Crippen LogP contribution in [-0.2, 0) is 9.59 Å². The predicted molar refractivity (Wildman–Crippen MR) is 119 cm³/mol. The number of piperazine rings is 1. The minimum Gasteiger partial charge on any atom is -0.484 e. The first kappa shape index (κ1) is 20.9. The molecule has 0 atom stereocenters.